The van der Waals surface area contributed by atoms with Gasteiger partial charge in [0.25, 0.3) is 5.91 Å². The Balaban J connectivity index is 1.76. The molecule has 122 valence electrons. The fraction of sp³-hybridized carbons (Fsp3) is 0.562. The first-order valence-electron chi connectivity index (χ1n) is 7.60. The van der Waals surface area contributed by atoms with E-state index in [2.05, 4.69) is 29.1 Å². The number of amides is 1. The Kier molecular flexibility index (Phi) is 5.85. The Morgan fingerprint density at radius 2 is 1.91 bits per heavy atom. The normalized spacial score (nSPS) is 18.2. The maximum atomic E-state index is 13.1. The quantitative estimate of drug-likeness (QED) is 0.897. The first-order chi connectivity index (χ1) is 10.5. The van der Waals surface area contributed by atoms with Crippen LogP contribution in [0.4, 0.5) is 8.78 Å². The SMILES string of the molecule is C[C@H](CNC(=O)c1ccc(F)c(F)c1)CN1CCN(C)CC1. The summed E-state index contributed by atoms with van der Waals surface area (Å²) in [6.07, 6.45) is 0. The molecule has 4 nitrogen and oxygen atoms in total. The van der Waals surface area contributed by atoms with Gasteiger partial charge in [-0.3, -0.25) is 4.79 Å². The smallest absolute Gasteiger partial charge is 0.251 e. The first-order valence-corrected chi connectivity index (χ1v) is 7.60. The minimum atomic E-state index is -1.00. The van der Waals surface area contributed by atoms with Crippen LogP contribution in [-0.4, -0.2) is 62.0 Å². The van der Waals surface area contributed by atoms with E-state index in [0.717, 1.165) is 44.9 Å². The van der Waals surface area contributed by atoms with Crippen molar-refractivity contribution in [3.05, 3.63) is 35.4 Å². The molecule has 2 rings (SSSR count). The van der Waals surface area contributed by atoms with Gasteiger partial charge < -0.3 is 15.1 Å². The average Bonchev–Trinajstić information content (AvgIpc) is 2.50. The molecule has 1 aliphatic heterocycles. The topological polar surface area (TPSA) is 35.6 Å². The number of rotatable bonds is 5. The number of carbonyl (C=O) groups is 1. The molecule has 0 aromatic heterocycles. The van der Waals surface area contributed by atoms with E-state index in [1.165, 1.54) is 6.07 Å². The minimum Gasteiger partial charge on any atom is -0.352 e. The molecule has 22 heavy (non-hydrogen) atoms. The van der Waals surface area contributed by atoms with E-state index in [9.17, 15) is 13.6 Å². The van der Waals surface area contributed by atoms with Gasteiger partial charge in [0, 0.05) is 44.8 Å². The zero-order valence-corrected chi connectivity index (χ0v) is 13.1. The largest absolute Gasteiger partial charge is 0.352 e. The standard InChI is InChI=1S/C16H23F2N3O/c1-12(11-21-7-5-20(2)6-8-21)10-19-16(22)13-3-4-14(17)15(18)9-13/h3-4,9,12H,5-8,10-11H2,1-2H3,(H,19,22)/t12-/m1/s1. The molecule has 1 fully saturated rings. The molecule has 0 saturated carbocycles. The number of halogens is 2. The highest BCUT2D eigenvalue weighted by atomic mass is 19.2. The number of hydrogen-bond acceptors (Lipinski definition) is 3. The second-order valence-electron chi connectivity index (χ2n) is 6.05. The van der Waals surface area contributed by atoms with Gasteiger partial charge in [0.15, 0.2) is 11.6 Å². The lowest BCUT2D eigenvalue weighted by Crippen LogP contribution is -2.46. The molecule has 0 spiro atoms. The third-order valence-electron chi connectivity index (χ3n) is 3.96. The van der Waals surface area contributed by atoms with Crippen molar-refractivity contribution in [2.45, 2.75) is 6.92 Å². The molecule has 1 atom stereocenters. The number of hydrogen-bond donors (Lipinski definition) is 1. The number of piperazine rings is 1. The molecule has 0 unspecified atom stereocenters. The van der Waals surface area contributed by atoms with Gasteiger partial charge in [-0.2, -0.15) is 0 Å². The van der Waals surface area contributed by atoms with Crippen LogP contribution in [0.5, 0.6) is 0 Å². The maximum absolute atomic E-state index is 13.1. The van der Waals surface area contributed by atoms with Crippen molar-refractivity contribution in [3.8, 4) is 0 Å². The molecule has 1 aromatic carbocycles. The van der Waals surface area contributed by atoms with Crippen LogP contribution >= 0.6 is 0 Å². The number of likely N-dealkylation sites (N-methyl/N-ethyl adjacent to an activating group) is 1. The third kappa shape index (κ3) is 4.74. The van der Waals surface area contributed by atoms with E-state index in [0.29, 0.717) is 12.5 Å². The summed E-state index contributed by atoms with van der Waals surface area (Å²) in [6.45, 7) is 7.72. The van der Waals surface area contributed by atoms with Crippen LogP contribution in [0.15, 0.2) is 18.2 Å². The van der Waals surface area contributed by atoms with E-state index >= 15 is 0 Å². The molecule has 1 saturated heterocycles. The van der Waals surface area contributed by atoms with Crippen LogP contribution in [0, 0.1) is 17.6 Å². The van der Waals surface area contributed by atoms with Crippen molar-refractivity contribution in [1.82, 2.24) is 15.1 Å². The molecule has 6 heteroatoms. The molecule has 1 aromatic rings. The van der Waals surface area contributed by atoms with Crippen LogP contribution in [0.2, 0.25) is 0 Å². The summed E-state index contributed by atoms with van der Waals surface area (Å²) in [7, 11) is 2.11. The summed E-state index contributed by atoms with van der Waals surface area (Å²) >= 11 is 0. The van der Waals surface area contributed by atoms with Gasteiger partial charge in [0.05, 0.1) is 0 Å². The second-order valence-corrected chi connectivity index (χ2v) is 6.05. The molecule has 1 heterocycles. The number of nitrogens with one attached hydrogen (secondary N) is 1. The third-order valence-corrected chi connectivity index (χ3v) is 3.96. The lowest BCUT2D eigenvalue weighted by molar-refractivity contribution is 0.0937. The maximum Gasteiger partial charge on any atom is 0.251 e. The van der Waals surface area contributed by atoms with Crippen LogP contribution in [-0.2, 0) is 0 Å². The van der Waals surface area contributed by atoms with Gasteiger partial charge in [0.1, 0.15) is 0 Å². The summed E-state index contributed by atoms with van der Waals surface area (Å²) < 4.78 is 26.0. The molecule has 1 N–H and O–H groups in total. The van der Waals surface area contributed by atoms with Gasteiger partial charge >= 0.3 is 0 Å². The Labute approximate surface area is 130 Å². The highest BCUT2D eigenvalue weighted by Gasteiger charge is 2.17. The number of benzene rings is 1. The van der Waals surface area contributed by atoms with Gasteiger partial charge in [-0.1, -0.05) is 6.92 Å². The lowest BCUT2D eigenvalue weighted by Gasteiger charge is -2.33. The molecule has 1 amide bonds. The summed E-state index contributed by atoms with van der Waals surface area (Å²) in [5, 5.41) is 2.78. The minimum absolute atomic E-state index is 0.144. The summed E-state index contributed by atoms with van der Waals surface area (Å²) in [5.74, 6) is -2.01. The average molecular weight is 311 g/mol. The van der Waals surface area contributed by atoms with Crippen LogP contribution < -0.4 is 5.32 Å². The Hall–Kier alpha value is -1.53. The van der Waals surface area contributed by atoms with Crippen molar-refractivity contribution in [2.24, 2.45) is 5.92 Å². The van der Waals surface area contributed by atoms with E-state index < -0.39 is 11.6 Å². The highest BCUT2D eigenvalue weighted by Crippen LogP contribution is 2.09. The van der Waals surface area contributed by atoms with Crippen molar-refractivity contribution in [2.75, 3.05) is 46.3 Å². The number of nitrogens with zero attached hydrogens (tertiary/aromatic N) is 2. The molecule has 0 aliphatic carbocycles. The first kappa shape index (κ1) is 16.8. The number of carbonyl (C=O) groups excluding carboxylic acids is 1. The molecular weight excluding hydrogens is 288 g/mol. The van der Waals surface area contributed by atoms with Crippen molar-refractivity contribution >= 4 is 5.91 Å². The van der Waals surface area contributed by atoms with Gasteiger partial charge in [-0.15, -0.1) is 0 Å². The van der Waals surface area contributed by atoms with Gasteiger partial charge in [-0.25, -0.2) is 8.78 Å². The van der Waals surface area contributed by atoms with Crippen LogP contribution in [0.3, 0.4) is 0 Å². The fourth-order valence-corrected chi connectivity index (χ4v) is 2.54. The Bertz CT molecular complexity index is 516. The van der Waals surface area contributed by atoms with Gasteiger partial charge in [-0.05, 0) is 31.2 Å². The molecule has 0 radical (unpaired) electrons. The van der Waals surface area contributed by atoms with E-state index in [1.807, 2.05) is 0 Å². The van der Waals surface area contributed by atoms with E-state index in [-0.39, 0.29) is 11.5 Å². The van der Waals surface area contributed by atoms with Crippen LogP contribution in [0.25, 0.3) is 0 Å². The zero-order chi connectivity index (χ0) is 16.1. The molecular formula is C16H23F2N3O. The van der Waals surface area contributed by atoms with Gasteiger partial charge in [0.2, 0.25) is 0 Å². The molecule has 0 bridgehead atoms. The zero-order valence-electron chi connectivity index (χ0n) is 13.1. The van der Waals surface area contributed by atoms with Crippen molar-refractivity contribution in [1.29, 1.82) is 0 Å². The second kappa shape index (κ2) is 7.65. The van der Waals surface area contributed by atoms with E-state index in [4.69, 9.17) is 0 Å². The summed E-state index contributed by atoms with van der Waals surface area (Å²) in [6, 6.07) is 3.19. The van der Waals surface area contributed by atoms with Crippen molar-refractivity contribution in [3.63, 3.8) is 0 Å². The predicted molar refractivity (Wildman–Crippen MR) is 81.8 cm³/mol. The summed E-state index contributed by atoms with van der Waals surface area (Å²) in [5.41, 5.74) is 0.144. The van der Waals surface area contributed by atoms with E-state index in [1.54, 1.807) is 0 Å². The molecule has 1 aliphatic rings. The Morgan fingerprint density at radius 3 is 2.55 bits per heavy atom. The summed E-state index contributed by atoms with van der Waals surface area (Å²) in [4.78, 5) is 16.6. The van der Waals surface area contributed by atoms with Crippen molar-refractivity contribution < 1.29 is 13.6 Å². The predicted octanol–water partition coefficient (Wildman–Crippen LogP) is 1.58. The highest BCUT2D eigenvalue weighted by molar-refractivity contribution is 5.94. The van der Waals surface area contributed by atoms with Crippen LogP contribution in [0.1, 0.15) is 17.3 Å². The fourth-order valence-electron chi connectivity index (χ4n) is 2.54. The monoisotopic (exact) mass is 311 g/mol. The lowest BCUT2D eigenvalue weighted by atomic mass is 10.1. The Morgan fingerprint density at radius 1 is 1.23 bits per heavy atom.